The zero-order valence-electron chi connectivity index (χ0n) is 12.5. The van der Waals surface area contributed by atoms with E-state index in [-0.39, 0.29) is 27.9 Å². The van der Waals surface area contributed by atoms with Crippen molar-refractivity contribution in [1.82, 2.24) is 4.57 Å². The fraction of sp³-hybridized carbons (Fsp3) is 0.467. The number of carbonyl (C=O) groups excluding carboxylic acids is 1. The summed E-state index contributed by atoms with van der Waals surface area (Å²) in [7, 11) is 1.28. The van der Waals surface area contributed by atoms with Crippen molar-refractivity contribution in [3.05, 3.63) is 33.9 Å². The first-order valence-corrected chi connectivity index (χ1v) is 6.86. The largest absolute Gasteiger partial charge is 0.501 e. The Hall–Kier alpha value is -2.24. The second-order valence-electron chi connectivity index (χ2n) is 5.29. The van der Waals surface area contributed by atoms with E-state index in [4.69, 9.17) is 15.2 Å². The maximum Gasteiger partial charge on any atom is 0.341 e. The third-order valence-corrected chi connectivity index (χ3v) is 3.75. The Bertz CT molecular complexity index is 642. The molecule has 1 aromatic rings. The maximum atomic E-state index is 12.6. The van der Waals surface area contributed by atoms with Gasteiger partial charge < -0.3 is 19.8 Å². The van der Waals surface area contributed by atoms with Crippen LogP contribution >= 0.6 is 0 Å². The van der Waals surface area contributed by atoms with Crippen LogP contribution in [0.4, 0.5) is 5.69 Å². The van der Waals surface area contributed by atoms with Crippen molar-refractivity contribution in [2.24, 2.45) is 0 Å². The molecule has 1 fully saturated rings. The molecule has 6 nitrogen and oxygen atoms in total. The summed E-state index contributed by atoms with van der Waals surface area (Å²) in [6.45, 7) is 4.29. The third kappa shape index (κ3) is 2.79. The molecule has 1 aromatic heterocycles. The Balaban J connectivity index is 2.61. The average molecular weight is 292 g/mol. The van der Waals surface area contributed by atoms with E-state index in [9.17, 15) is 9.59 Å². The molecule has 0 aliphatic heterocycles. The maximum absolute atomic E-state index is 12.6. The topological polar surface area (TPSA) is 83.5 Å². The van der Waals surface area contributed by atoms with Gasteiger partial charge in [0.2, 0.25) is 0 Å². The number of rotatable bonds is 5. The van der Waals surface area contributed by atoms with Crippen molar-refractivity contribution in [3.8, 4) is 0 Å². The Kier molecular flexibility index (Phi) is 4.06. The lowest BCUT2D eigenvalue weighted by Gasteiger charge is -2.17. The molecule has 0 unspecified atom stereocenters. The van der Waals surface area contributed by atoms with Crippen molar-refractivity contribution >= 4 is 17.7 Å². The number of nitrogens with zero attached hydrogens (tertiary/aromatic N) is 1. The van der Waals surface area contributed by atoms with Gasteiger partial charge in [0, 0.05) is 11.7 Å². The Morgan fingerprint density at radius 1 is 1.52 bits per heavy atom. The molecule has 21 heavy (non-hydrogen) atoms. The van der Waals surface area contributed by atoms with E-state index < -0.39 is 5.97 Å². The molecule has 1 heterocycles. The Morgan fingerprint density at radius 2 is 2.19 bits per heavy atom. The van der Waals surface area contributed by atoms with E-state index >= 15 is 0 Å². The number of hydrogen-bond acceptors (Lipinski definition) is 5. The number of ether oxygens (including phenoxy) is 2. The Labute approximate surface area is 123 Å². The van der Waals surface area contributed by atoms with Gasteiger partial charge >= 0.3 is 5.97 Å². The molecule has 0 amide bonds. The summed E-state index contributed by atoms with van der Waals surface area (Å²) in [5.74, 6) is -0.559. The van der Waals surface area contributed by atoms with E-state index in [0.29, 0.717) is 6.61 Å². The number of anilines is 1. The van der Waals surface area contributed by atoms with Crippen LogP contribution in [0.3, 0.4) is 0 Å². The van der Waals surface area contributed by atoms with E-state index in [0.717, 1.165) is 12.8 Å². The monoisotopic (exact) mass is 292 g/mol. The normalized spacial score (nSPS) is 16.0. The fourth-order valence-electron chi connectivity index (χ4n) is 2.12. The fourth-order valence-corrected chi connectivity index (χ4v) is 2.12. The Morgan fingerprint density at radius 3 is 2.71 bits per heavy atom. The van der Waals surface area contributed by atoms with Crippen LogP contribution in [0.2, 0.25) is 0 Å². The first-order valence-electron chi connectivity index (χ1n) is 6.86. The highest BCUT2D eigenvalue weighted by atomic mass is 16.5. The number of hydrogen-bond donors (Lipinski definition) is 1. The summed E-state index contributed by atoms with van der Waals surface area (Å²) in [5.41, 5.74) is 6.04. The molecule has 0 atom stereocenters. The van der Waals surface area contributed by atoms with E-state index in [1.165, 1.54) is 25.6 Å². The highest BCUT2D eigenvalue weighted by molar-refractivity contribution is 5.96. The molecule has 114 valence electrons. The number of nitrogen functional groups attached to an aromatic ring is 1. The summed E-state index contributed by atoms with van der Waals surface area (Å²) >= 11 is 0. The summed E-state index contributed by atoms with van der Waals surface area (Å²) in [6.07, 6.45) is 6.19. The van der Waals surface area contributed by atoms with Crippen LogP contribution in [0.5, 0.6) is 0 Å². The van der Waals surface area contributed by atoms with Crippen LogP contribution in [0.25, 0.3) is 6.08 Å². The minimum Gasteiger partial charge on any atom is -0.501 e. The number of pyridine rings is 1. The molecule has 6 heteroatoms. The average Bonchev–Trinajstić information content (AvgIpc) is 3.20. The second-order valence-corrected chi connectivity index (χ2v) is 5.29. The van der Waals surface area contributed by atoms with Gasteiger partial charge in [0.25, 0.3) is 5.56 Å². The van der Waals surface area contributed by atoms with Crippen LogP contribution in [0.1, 0.15) is 42.6 Å². The molecule has 0 aromatic carbocycles. The predicted octanol–water partition coefficient (Wildman–Crippen LogP) is 1.73. The van der Waals surface area contributed by atoms with Gasteiger partial charge in [-0.05, 0) is 32.8 Å². The van der Waals surface area contributed by atoms with Crippen molar-refractivity contribution < 1.29 is 14.3 Å². The van der Waals surface area contributed by atoms with Gasteiger partial charge in [0.1, 0.15) is 0 Å². The molecule has 2 N–H and O–H groups in total. The first-order chi connectivity index (χ1) is 9.94. The summed E-state index contributed by atoms with van der Waals surface area (Å²) < 4.78 is 11.4. The SMILES string of the molecule is CCOC=Cc1c(N)c(C(=O)OC)cn(C2(C)CC2)c1=O. The molecule has 1 aliphatic carbocycles. The zero-order chi connectivity index (χ0) is 15.6. The van der Waals surface area contributed by atoms with Crippen LogP contribution in [-0.2, 0) is 15.0 Å². The minimum absolute atomic E-state index is 0.114. The number of aromatic nitrogens is 1. The van der Waals surface area contributed by atoms with Crippen LogP contribution in [0.15, 0.2) is 17.3 Å². The second kappa shape index (κ2) is 5.63. The van der Waals surface area contributed by atoms with E-state index in [2.05, 4.69) is 0 Å². The van der Waals surface area contributed by atoms with Crippen molar-refractivity contribution in [2.75, 3.05) is 19.5 Å². The molecule has 0 spiro atoms. The summed E-state index contributed by atoms with van der Waals surface area (Å²) in [6, 6.07) is 0. The smallest absolute Gasteiger partial charge is 0.341 e. The lowest BCUT2D eigenvalue weighted by Crippen LogP contribution is -2.32. The number of methoxy groups -OCH3 is 1. The third-order valence-electron chi connectivity index (χ3n) is 3.75. The number of nitrogens with two attached hydrogens (primary N) is 1. The molecule has 0 saturated heterocycles. The molecular weight excluding hydrogens is 272 g/mol. The van der Waals surface area contributed by atoms with Gasteiger partial charge in [0.15, 0.2) is 0 Å². The quantitative estimate of drug-likeness (QED) is 0.660. The molecule has 1 saturated carbocycles. The molecule has 0 radical (unpaired) electrons. The number of carbonyl (C=O) groups is 1. The molecular formula is C15H20N2O4. The van der Waals surface area contributed by atoms with Gasteiger partial charge in [-0.25, -0.2) is 4.79 Å². The van der Waals surface area contributed by atoms with E-state index in [1.54, 1.807) is 4.57 Å². The van der Waals surface area contributed by atoms with Crippen molar-refractivity contribution in [1.29, 1.82) is 0 Å². The van der Waals surface area contributed by atoms with Gasteiger partial charge in [-0.3, -0.25) is 4.79 Å². The van der Waals surface area contributed by atoms with Crippen molar-refractivity contribution in [2.45, 2.75) is 32.2 Å². The van der Waals surface area contributed by atoms with Gasteiger partial charge in [-0.1, -0.05) is 0 Å². The van der Waals surface area contributed by atoms with E-state index in [1.807, 2.05) is 13.8 Å². The molecule has 1 aliphatic rings. The molecule has 0 bridgehead atoms. The van der Waals surface area contributed by atoms with Gasteiger partial charge in [-0.15, -0.1) is 0 Å². The number of esters is 1. The predicted molar refractivity (Wildman–Crippen MR) is 80.0 cm³/mol. The summed E-state index contributed by atoms with van der Waals surface area (Å²) in [4.78, 5) is 24.4. The lowest BCUT2D eigenvalue weighted by atomic mass is 10.1. The van der Waals surface area contributed by atoms with Crippen LogP contribution < -0.4 is 11.3 Å². The standard InChI is InChI=1S/C15H20N2O4/c1-4-21-8-5-10-12(16)11(14(19)20-3)9-17(13(10)18)15(2)6-7-15/h5,8-9H,4,6-7,16H2,1-3H3. The van der Waals surface area contributed by atoms with Crippen molar-refractivity contribution in [3.63, 3.8) is 0 Å². The highest BCUT2D eigenvalue weighted by Gasteiger charge is 2.41. The minimum atomic E-state index is -0.559. The van der Waals surface area contributed by atoms with Gasteiger partial charge in [-0.2, -0.15) is 0 Å². The van der Waals surface area contributed by atoms with Crippen LogP contribution in [-0.4, -0.2) is 24.3 Å². The first kappa shape index (κ1) is 15.2. The lowest BCUT2D eigenvalue weighted by molar-refractivity contribution is 0.0600. The highest BCUT2D eigenvalue weighted by Crippen LogP contribution is 2.42. The zero-order valence-corrected chi connectivity index (χ0v) is 12.5. The molecule has 2 rings (SSSR count). The van der Waals surface area contributed by atoms with Gasteiger partial charge in [0.05, 0.1) is 36.8 Å². The van der Waals surface area contributed by atoms with Crippen LogP contribution in [0, 0.1) is 0 Å². The summed E-state index contributed by atoms with van der Waals surface area (Å²) in [5, 5.41) is 0.